The summed E-state index contributed by atoms with van der Waals surface area (Å²) in [6, 6.07) is 6.02. The van der Waals surface area contributed by atoms with Crippen LogP contribution in [-0.4, -0.2) is 59.1 Å². The second kappa shape index (κ2) is 11.8. The molecule has 1 saturated carbocycles. The molecule has 160 valence electrons. The van der Waals surface area contributed by atoms with Crippen molar-refractivity contribution in [3.05, 3.63) is 40.4 Å². The first-order valence-electron chi connectivity index (χ1n) is 9.15. The Balaban J connectivity index is 0.000000447. The molecule has 0 aliphatic heterocycles. The van der Waals surface area contributed by atoms with Crippen molar-refractivity contribution in [2.75, 3.05) is 19.0 Å². The van der Waals surface area contributed by atoms with Crippen molar-refractivity contribution >= 4 is 46.7 Å². The van der Waals surface area contributed by atoms with Crippen LogP contribution in [-0.2, 0) is 14.4 Å². The van der Waals surface area contributed by atoms with Crippen molar-refractivity contribution in [1.82, 2.24) is 4.90 Å². The van der Waals surface area contributed by atoms with E-state index in [-0.39, 0.29) is 11.9 Å². The maximum Gasteiger partial charge on any atom is 0.328 e. The van der Waals surface area contributed by atoms with Crippen LogP contribution < -0.4 is 4.90 Å². The number of rotatable bonds is 6. The van der Waals surface area contributed by atoms with Gasteiger partial charge in [0.2, 0.25) is 5.91 Å². The summed E-state index contributed by atoms with van der Waals surface area (Å²) in [5.74, 6) is -2.38. The van der Waals surface area contributed by atoms with Gasteiger partial charge >= 0.3 is 11.9 Å². The van der Waals surface area contributed by atoms with Gasteiger partial charge in [0.1, 0.15) is 0 Å². The Labute approximate surface area is 180 Å². The predicted octanol–water partition coefficient (Wildman–Crippen LogP) is 3.93. The number of carboxylic acid groups (broad SMARTS) is 2. The number of aliphatic carboxylic acids is 2. The molecule has 1 aliphatic carbocycles. The highest BCUT2D eigenvalue weighted by molar-refractivity contribution is 6.42. The quantitative estimate of drug-likeness (QED) is 0.644. The second-order valence-corrected chi connectivity index (χ2v) is 7.57. The second-order valence-electron chi connectivity index (χ2n) is 6.75. The number of carbonyl (C=O) groups is 3. The molecule has 0 unspecified atom stereocenters. The number of likely N-dealkylation sites (N-methyl/N-ethyl adjacent to an activating group) is 1. The number of hydrogen-bond donors (Lipinski definition) is 2. The first kappa shape index (κ1) is 24.9. The van der Waals surface area contributed by atoms with Gasteiger partial charge in [0.25, 0.3) is 0 Å². The third-order valence-electron chi connectivity index (χ3n) is 4.56. The summed E-state index contributed by atoms with van der Waals surface area (Å²) in [7, 11) is 4.15. The molecule has 0 radical (unpaired) electrons. The smallest absolute Gasteiger partial charge is 0.328 e. The lowest BCUT2D eigenvalue weighted by atomic mass is 10.1. The van der Waals surface area contributed by atoms with E-state index in [0.29, 0.717) is 34.7 Å². The first-order chi connectivity index (χ1) is 13.6. The zero-order valence-electron chi connectivity index (χ0n) is 16.6. The number of carboxylic acids is 2. The number of anilines is 1. The number of benzene rings is 1. The summed E-state index contributed by atoms with van der Waals surface area (Å²) >= 11 is 12.1. The van der Waals surface area contributed by atoms with E-state index in [0.717, 1.165) is 24.9 Å². The molecule has 2 atom stereocenters. The lowest BCUT2D eigenvalue weighted by molar-refractivity contribution is -0.134. The molecule has 0 heterocycles. The van der Waals surface area contributed by atoms with Crippen LogP contribution >= 0.6 is 23.2 Å². The van der Waals surface area contributed by atoms with Gasteiger partial charge < -0.3 is 20.0 Å². The van der Waals surface area contributed by atoms with Crippen LogP contribution in [0, 0.1) is 0 Å². The fraction of sp³-hybridized carbons (Fsp3) is 0.450. The SMILES string of the molecule is CCC(=O)N(c1ccc(Cl)c(Cl)c1)[C@@H]1CCC[C@H]1N(C)C.O=C(O)/C=C\C(=O)O. The minimum absolute atomic E-state index is 0.132. The normalized spacial score (nSPS) is 18.4. The standard InChI is InChI=1S/C16H22Cl2N2O.C4H4O4/c1-4-16(21)20(11-8-9-12(17)13(18)10-11)15-7-5-6-14(15)19(2)3;5-3(6)1-2-4(7)8/h8-10,14-15H,4-7H2,1-3H3;1-2H,(H,5,6)(H,7,8)/b;2-1-/t14-,15-;/m1./s1. The van der Waals surface area contributed by atoms with Gasteiger partial charge in [0.15, 0.2) is 0 Å². The maximum absolute atomic E-state index is 12.5. The van der Waals surface area contributed by atoms with Crippen molar-refractivity contribution in [2.24, 2.45) is 0 Å². The molecular formula is C20H26Cl2N2O5. The van der Waals surface area contributed by atoms with E-state index in [2.05, 4.69) is 19.0 Å². The van der Waals surface area contributed by atoms with E-state index in [1.807, 2.05) is 17.9 Å². The average Bonchev–Trinajstić information content (AvgIpc) is 3.13. The van der Waals surface area contributed by atoms with E-state index >= 15 is 0 Å². The monoisotopic (exact) mass is 444 g/mol. The molecule has 7 nitrogen and oxygen atoms in total. The van der Waals surface area contributed by atoms with Gasteiger partial charge in [0.05, 0.1) is 16.1 Å². The van der Waals surface area contributed by atoms with Gasteiger partial charge in [-0.3, -0.25) is 4.79 Å². The van der Waals surface area contributed by atoms with E-state index in [1.54, 1.807) is 12.1 Å². The number of hydrogen-bond acceptors (Lipinski definition) is 4. The zero-order valence-corrected chi connectivity index (χ0v) is 18.2. The molecule has 29 heavy (non-hydrogen) atoms. The van der Waals surface area contributed by atoms with Crippen molar-refractivity contribution in [3.8, 4) is 0 Å². The van der Waals surface area contributed by atoms with Crippen molar-refractivity contribution < 1.29 is 24.6 Å². The summed E-state index contributed by atoms with van der Waals surface area (Å²) in [5, 5.41) is 16.6. The van der Waals surface area contributed by atoms with E-state index in [4.69, 9.17) is 33.4 Å². The van der Waals surface area contributed by atoms with Crippen LogP contribution in [0.5, 0.6) is 0 Å². The molecular weight excluding hydrogens is 419 g/mol. The lowest BCUT2D eigenvalue weighted by Gasteiger charge is -2.36. The van der Waals surface area contributed by atoms with Gasteiger partial charge in [0, 0.05) is 30.3 Å². The molecule has 0 saturated heterocycles. The number of halogens is 2. The van der Waals surface area contributed by atoms with Gasteiger partial charge in [-0.2, -0.15) is 0 Å². The molecule has 0 bridgehead atoms. The Hall–Kier alpha value is -2.09. The van der Waals surface area contributed by atoms with E-state index in [9.17, 15) is 14.4 Å². The highest BCUT2D eigenvalue weighted by Crippen LogP contribution is 2.34. The Morgan fingerprint density at radius 3 is 2.03 bits per heavy atom. The lowest BCUT2D eigenvalue weighted by Crippen LogP contribution is -2.49. The molecule has 9 heteroatoms. The molecule has 0 spiro atoms. The number of amides is 1. The van der Waals surface area contributed by atoms with Gasteiger partial charge in [-0.05, 0) is 51.6 Å². The first-order valence-corrected chi connectivity index (χ1v) is 9.91. The summed E-state index contributed by atoms with van der Waals surface area (Å²) in [4.78, 5) is 35.7. The van der Waals surface area contributed by atoms with Crippen molar-refractivity contribution in [3.63, 3.8) is 0 Å². The topological polar surface area (TPSA) is 98.2 Å². The molecule has 2 rings (SSSR count). The Morgan fingerprint density at radius 2 is 1.59 bits per heavy atom. The largest absolute Gasteiger partial charge is 0.478 e. The van der Waals surface area contributed by atoms with Crippen LogP contribution in [0.25, 0.3) is 0 Å². The van der Waals surface area contributed by atoms with Gasteiger partial charge in [-0.25, -0.2) is 9.59 Å². The molecule has 1 aromatic carbocycles. The van der Waals surface area contributed by atoms with Crippen molar-refractivity contribution in [2.45, 2.75) is 44.7 Å². The summed E-state index contributed by atoms with van der Waals surface area (Å²) in [6.07, 6.45) is 4.88. The molecule has 0 aromatic heterocycles. The molecule has 1 fully saturated rings. The highest BCUT2D eigenvalue weighted by atomic mass is 35.5. The summed E-state index contributed by atoms with van der Waals surface area (Å²) < 4.78 is 0. The minimum atomic E-state index is -1.26. The Kier molecular flexibility index (Phi) is 10.2. The molecule has 1 aromatic rings. The van der Waals surface area contributed by atoms with Crippen molar-refractivity contribution in [1.29, 1.82) is 0 Å². The van der Waals surface area contributed by atoms with Gasteiger partial charge in [-0.15, -0.1) is 0 Å². The maximum atomic E-state index is 12.5. The minimum Gasteiger partial charge on any atom is -0.478 e. The van der Waals surface area contributed by atoms with Crippen LogP contribution in [0.3, 0.4) is 0 Å². The zero-order chi connectivity index (χ0) is 22.1. The molecule has 2 N–H and O–H groups in total. The van der Waals surface area contributed by atoms with Crippen LogP contribution in [0.2, 0.25) is 10.0 Å². The van der Waals surface area contributed by atoms with Crippen LogP contribution in [0.4, 0.5) is 5.69 Å². The molecule has 1 amide bonds. The van der Waals surface area contributed by atoms with Crippen LogP contribution in [0.15, 0.2) is 30.4 Å². The summed E-state index contributed by atoms with van der Waals surface area (Å²) in [5.41, 5.74) is 0.843. The predicted molar refractivity (Wildman–Crippen MR) is 114 cm³/mol. The number of carbonyl (C=O) groups excluding carboxylic acids is 1. The Morgan fingerprint density at radius 1 is 1.03 bits per heavy atom. The number of nitrogens with zero attached hydrogens (tertiary/aromatic N) is 2. The molecule has 1 aliphatic rings. The highest BCUT2D eigenvalue weighted by Gasteiger charge is 2.36. The van der Waals surface area contributed by atoms with Crippen LogP contribution in [0.1, 0.15) is 32.6 Å². The fourth-order valence-corrected chi connectivity index (χ4v) is 3.58. The average molecular weight is 445 g/mol. The third-order valence-corrected chi connectivity index (χ3v) is 5.30. The van der Waals surface area contributed by atoms with Gasteiger partial charge in [-0.1, -0.05) is 30.1 Å². The third kappa shape index (κ3) is 7.68. The summed E-state index contributed by atoms with van der Waals surface area (Å²) in [6.45, 7) is 1.90. The Bertz CT molecular complexity index is 751. The van der Waals surface area contributed by atoms with E-state index in [1.165, 1.54) is 0 Å². The fourth-order valence-electron chi connectivity index (χ4n) is 3.29. The van der Waals surface area contributed by atoms with E-state index < -0.39 is 11.9 Å².